The highest BCUT2D eigenvalue weighted by Gasteiger charge is 2.18. The first kappa shape index (κ1) is 23.1. The average Bonchev–Trinajstić information content (AvgIpc) is 3.23. The van der Waals surface area contributed by atoms with Crippen molar-refractivity contribution in [2.45, 2.75) is 58.8 Å². The van der Waals surface area contributed by atoms with Crippen molar-refractivity contribution >= 4 is 17.5 Å². The molecular weight excluding hydrogens is 408 g/mol. The molecule has 1 N–H and O–H groups in total. The van der Waals surface area contributed by atoms with Crippen LogP contribution in [0.15, 0.2) is 71.1 Å². The number of halogens is 1. The molecule has 31 heavy (non-hydrogen) atoms. The molecule has 0 bridgehead atoms. The molecule has 0 aliphatic carbocycles. The topological polar surface area (TPSA) is 45.5 Å². The van der Waals surface area contributed by atoms with Crippen molar-refractivity contribution in [2.24, 2.45) is 0 Å². The molecule has 1 unspecified atom stereocenters. The van der Waals surface area contributed by atoms with Gasteiger partial charge in [0.1, 0.15) is 5.76 Å². The van der Waals surface area contributed by atoms with Crippen molar-refractivity contribution in [3.05, 3.63) is 94.4 Å². The van der Waals surface area contributed by atoms with Gasteiger partial charge in [-0.25, -0.2) is 0 Å². The number of aryl methyl sites for hydroxylation is 1. The summed E-state index contributed by atoms with van der Waals surface area (Å²) >= 11 is 6.33. The number of amides is 1. The fraction of sp³-hybridized carbons (Fsp3) is 0.346. The van der Waals surface area contributed by atoms with E-state index >= 15 is 0 Å². The van der Waals surface area contributed by atoms with Crippen molar-refractivity contribution in [2.75, 3.05) is 0 Å². The van der Waals surface area contributed by atoms with Crippen LogP contribution >= 0.6 is 11.6 Å². The highest BCUT2D eigenvalue weighted by molar-refractivity contribution is 6.31. The fourth-order valence-corrected chi connectivity index (χ4v) is 3.64. The van der Waals surface area contributed by atoms with E-state index in [4.69, 9.17) is 16.0 Å². The number of rotatable bonds is 10. The lowest BCUT2D eigenvalue weighted by Crippen LogP contribution is -2.32. The van der Waals surface area contributed by atoms with Gasteiger partial charge >= 0.3 is 0 Å². The molecule has 0 spiro atoms. The number of hydrogen-bond acceptors (Lipinski definition) is 3. The van der Waals surface area contributed by atoms with Crippen LogP contribution in [-0.4, -0.2) is 22.9 Å². The van der Waals surface area contributed by atoms with Gasteiger partial charge < -0.3 is 9.73 Å². The number of benzene rings is 2. The van der Waals surface area contributed by atoms with E-state index in [1.54, 1.807) is 6.07 Å². The molecule has 0 radical (unpaired) electrons. The summed E-state index contributed by atoms with van der Waals surface area (Å²) in [5.74, 6) is 0.944. The molecule has 0 aliphatic heterocycles. The molecule has 5 heteroatoms. The van der Waals surface area contributed by atoms with Gasteiger partial charge in [0.2, 0.25) is 0 Å². The normalized spacial score (nSPS) is 12.3. The number of carbonyl (C=O) groups is 1. The van der Waals surface area contributed by atoms with Crippen LogP contribution in [0.2, 0.25) is 5.02 Å². The zero-order valence-corrected chi connectivity index (χ0v) is 19.2. The summed E-state index contributed by atoms with van der Waals surface area (Å²) in [6.45, 7) is 7.63. The summed E-state index contributed by atoms with van der Waals surface area (Å²) in [6.07, 6.45) is 1.80. The van der Waals surface area contributed by atoms with Gasteiger partial charge in [0.25, 0.3) is 5.91 Å². The van der Waals surface area contributed by atoms with Crippen LogP contribution in [0.3, 0.4) is 0 Å². The second-order valence-electron chi connectivity index (χ2n) is 8.25. The SMILES string of the molecule is CC(CCc1ccccc1)NC(=O)c1ccc(CN(Cc2ccccc2Cl)C(C)C)o1. The third kappa shape index (κ3) is 6.98. The molecule has 0 saturated carbocycles. The molecule has 3 aromatic rings. The van der Waals surface area contributed by atoms with Crippen LogP contribution in [-0.2, 0) is 19.5 Å². The standard InChI is InChI=1S/C26H31ClN2O2/c1-19(2)29(17-22-11-7-8-12-24(22)27)18-23-15-16-25(31-23)26(30)28-20(3)13-14-21-9-5-4-6-10-21/h4-12,15-16,19-20H,13-14,17-18H2,1-3H3,(H,28,30). The van der Waals surface area contributed by atoms with Gasteiger partial charge in [-0.1, -0.05) is 60.1 Å². The Morgan fingerprint density at radius 2 is 1.68 bits per heavy atom. The lowest BCUT2D eigenvalue weighted by atomic mass is 10.1. The molecule has 0 aliphatic rings. The molecule has 164 valence electrons. The van der Waals surface area contributed by atoms with Crippen molar-refractivity contribution in [1.29, 1.82) is 0 Å². The van der Waals surface area contributed by atoms with Crippen LogP contribution in [0.25, 0.3) is 0 Å². The minimum atomic E-state index is -0.172. The maximum absolute atomic E-state index is 12.6. The minimum Gasteiger partial charge on any atom is -0.455 e. The number of nitrogens with one attached hydrogen (secondary N) is 1. The van der Waals surface area contributed by atoms with Crippen molar-refractivity contribution in [3.63, 3.8) is 0 Å². The Morgan fingerprint density at radius 1 is 0.968 bits per heavy atom. The van der Waals surface area contributed by atoms with E-state index in [2.05, 4.69) is 36.2 Å². The molecule has 1 atom stereocenters. The van der Waals surface area contributed by atoms with E-state index in [1.807, 2.05) is 55.5 Å². The molecule has 4 nitrogen and oxygen atoms in total. The Morgan fingerprint density at radius 3 is 2.39 bits per heavy atom. The third-order valence-corrected chi connectivity index (χ3v) is 5.76. The van der Waals surface area contributed by atoms with Gasteiger partial charge in [-0.3, -0.25) is 9.69 Å². The predicted molar refractivity (Wildman–Crippen MR) is 126 cm³/mol. The zero-order valence-electron chi connectivity index (χ0n) is 18.5. The molecule has 3 rings (SSSR count). The lowest BCUT2D eigenvalue weighted by Gasteiger charge is -2.26. The Labute approximate surface area is 190 Å². The fourth-order valence-electron chi connectivity index (χ4n) is 3.45. The Bertz CT molecular complexity index is 968. The van der Waals surface area contributed by atoms with Crippen LogP contribution in [0.1, 0.15) is 54.6 Å². The number of hydrogen-bond donors (Lipinski definition) is 1. The minimum absolute atomic E-state index is 0.0636. The van der Waals surface area contributed by atoms with Crippen LogP contribution in [0, 0.1) is 0 Å². The van der Waals surface area contributed by atoms with Crippen LogP contribution in [0.5, 0.6) is 0 Å². The van der Waals surface area contributed by atoms with E-state index in [0.717, 1.165) is 35.7 Å². The maximum atomic E-state index is 12.6. The van der Waals surface area contributed by atoms with E-state index in [0.29, 0.717) is 18.3 Å². The molecule has 0 fully saturated rings. The quantitative estimate of drug-likeness (QED) is 0.416. The highest BCUT2D eigenvalue weighted by atomic mass is 35.5. The molecule has 2 aromatic carbocycles. The van der Waals surface area contributed by atoms with Gasteiger partial charge in [0, 0.05) is 23.7 Å². The van der Waals surface area contributed by atoms with Gasteiger partial charge in [0.15, 0.2) is 5.76 Å². The summed E-state index contributed by atoms with van der Waals surface area (Å²) in [6, 6.07) is 22.2. The summed E-state index contributed by atoms with van der Waals surface area (Å²) in [5.41, 5.74) is 2.35. The monoisotopic (exact) mass is 438 g/mol. The van der Waals surface area contributed by atoms with Gasteiger partial charge in [0.05, 0.1) is 6.54 Å². The number of nitrogens with zero attached hydrogens (tertiary/aromatic N) is 1. The van der Waals surface area contributed by atoms with Gasteiger partial charge in [-0.05, 0) is 62.9 Å². The van der Waals surface area contributed by atoms with Crippen molar-refractivity contribution < 1.29 is 9.21 Å². The first-order valence-electron chi connectivity index (χ1n) is 10.8. The number of carbonyl (C=O) groups excluding carboxylic acids is 1. The largest absolute Gasteiger partial charge is 0.455 e. The van der Waals surface area contributed by atoms with E-state index in [1.165, 1.54) is 5.56 Å². The Balaban J connectivity index is 1.55. The smallest absolute Gasteiger partial charge is 0.287 e. The molecule has 1 amide bonds. The van der Waals surface area contributed by atoms with E-state index in [-0.39, 0.29) is 11.9 Å². The van der Waals surface area contributed by atoms with Crippen LogP contribution < -0.4 is 5.32 Å². The maximum Gasteiger partial charge on any atom is 0.287 e. The van der Waals surface area contributed by atoms with Crippen molar-refractivity contribution in [3.8, 4) is 0 Å². The molecule has 1 aromatic heterocycles. The Hall–Kier alpha value is -2.56. The first-order chi connectivity index (χ1) is 14.9. The third-order valence-electron chi connectivity index (χ3n) is 5.39. The average molecular weight is 439 g/mol. The van der Waals surface area contributed by atoms with E-state index in [9.17, 15) is 4.79 Å². The lowest BCUT2D eigenvalue weighted by molar-refractivity contribution is 0.0905. The second-order valence-corrected chi connectivity index (χ2v) is 8.66. The summed E-state index contributed by atoms with van der Waals surface area (Å²) < 4.78 is 5.87. The number of furan rings is 1. The summed E-state index contributed by atoms with van der Waals surface area (Å²) in [4.78, 5) is 14.9. The molecular formula is C26H31ClN2O2. The zero-order chi connectivity index (χ0) is 22.2. The first-order valence-corrected chi connectivity index (χ1v) is 11.2. The van der Waals surface area contributed by atoms with Gasteiger partial charge in [-0.2, -0.15) is 0 Å². The summed E-state index contributed by atoms with van der Waals surface area (Å²) in [7, 11) is 0. The van der Waals surface area contributed by atoms with Gasteiger partial charge in [-0.15, -0.1) is 0 Å². The highest BCUT2D eigenvalue weighted by Crippen LogP contribution is 2.21. The second kappa shape index (κ2) is 11.2. The molecule has 1 heterocycles. The molecule has 0 saturated heterocycles. The summed E-state index contributed by atoms with van der Waals surface area (Å²) in [5, 5.41) is 3.80. The predicted octanol–water partition coefficient (Wildman–Crippen LogP) is 6.09. The Kier molecular flexibility index (Phi) is 8.33. The van der Waals surface area contributed by atoms with Crippen LogP contribution in [0.4, 0.5) is 0 Å². The van der Waals surface area contributed by atoms with E-state index < -0.39 is 0 Å². The van der Waals surface area contributed by atoms with Crippen molar-refractivity contribution in [1.82, 2.24) is 10.2 Å².